The Bertz CT molecular complexity index is 638. The van der Waals surface area contributed by atoms with Crippen LogP contribution in [0.25, 0.3) is 0 Å². The molecule has 0 aromatic heterocycles. The first-order valence-corrected chi connectivity index (χ1v) is 14.7. The first kappa shape index (κ1) is 34.2. The van der Waals surface area contributed by atoms with Gasteiger partial charge in [-0.05, 0) is 58.4 Å². The van der Waals surface area contributed by atoms with Crippen molar-refractivity contribution in [1.29, 1.82) is 0 Å². The quantitative estimate of drug-likeness (QED) is 0.250. The van der Waals surface area contributed by atoms with Gasteiger partial charge in [-0.15, -0.1) is 0 Å². The summed E-state index contributed by atoms with van der Waals surface area (Å²) in [5, 5.41) is 0. The second kappa shape index (κ2) is 13.2. The zero-order valence-corrected chi connectivity index (χ0v) is 26.3. The summed E-state index contributed by atoms with van der Waals surface area (Å²) in [4.78, 5) is 0. The molecule has 2 fully saturated rings. The van der Waals surface area contributed by atoms with E-state index in [1.807, 2.05) is 0 Å². The Morgan fingerprint density at radius 2 is 1.00 bits per heavy atom. The molecule has 2 heteroatoms. The average molecular weight is 532 g/mol. The molecule has 9 atom stereocenters. The van der Waals surface area contributed by atoms with Gasteiger partial charge in [-0.3, -0.25) is 0 Å². The molecule has 0 aromatic rings. The Morgan fingerprint density at radius 3 is 1.41 bits per heavy atom. The maximum atomic E-state index is 2.77. The first-order valence-electron chi connectivity index (χ1n) is 11.6. The molecule has 0 radical (unpaired) electrons. The molecule has 0 aliphatic heterocycles. The smallest absolute Gasteiger partial charge is 0.358 e. The van der Waals surface area contributed by atoms with E-state index in [1.54, 1.807) is 0 Å². The predicted molar refractivity (Wildman–Crippen MR) is 147 cm³/mol. The van der Waals surface area contributed by atoms with Gasteiger partial charge in [-0.2, -0.15) is 0 Å². The van der Waals surface area contributed by atoms with Gasteiger partial charge in [0.2, 0.25) is 0 Å². The third kappa shape index (κ3) is 5.32. The van der Waals surface area contributed by atoms with Gasteiger partial charge in [0.1, 0.15) is 0 Å². The molecular formula is C30H52SiZr. The van der Waals surface area contributed by atoms with Crippen LogP contribution in [0.3, 0.4) is 0 Å². The van der Waals surface area contributed by atoms with Crippen molar-refractivity contribution < 1.29 is 26.2 Å². The average Bonchev–Trinajstić information content (AvgIpc) is 3.10. The fourth-order valence-electron chi connectivity index (χ4n) is 8.40. The van der Waals surface area contributed by atoms with Crippen LogP contribution >= 0.6 is 0 Å². The maximum absolute atomic E-state index is 2.77. The number of rotatable bonds is 4. The summed E-state index contributed by atoms with van der Waals surface area (Å²) < 4.78 is 0. The van der Waals surface area contributed by atoms with Crippen LogP contribution in [0.1, 0.15) is 40.5 Å². The van der Waals surface area contributed by atoms with Gasteiger partial charge in [0, 0.05) is 0 Å². The van der Waals surface area contributed by atoms with Crippen LogP contribution in [-0.4, -0.2) is 8.07 Å². The third-order valence-corrected chi connectivity index (χ3v) is 14.6. The van der Waals surface area contributed by atoms with Gasteiger partial charge in [-0.1, -0.05) is 102 Å². The van der Waals surface area contributed by atoms with Gasteiger partial charge in [0.25, 0.3) is 0 Å². The van der Waals surface area contributed by atoms with Crippen molar-refractivity contribution in [3.05, 3.63) is 78.3 Å². The molecule has 0 N–H and O–H groups in total. The maximum Gasteiger partial charge on any atom is 4.00 e. The molecule has 9 unspecified atom stereocenters. The SMILES string of the molecule is CCCC1C(C)C(C)C([Si](C)(C)C2C3C=CC=CC3C3C=CC=CC32)C1C.[CH3-].[CH3-].[CH3-].[CH3-].[Zr+4]. The van der Waals surface area contributed by atoms with E-state index in [4.69, 9.17) is 0 Å². The number of hydrogen-bond acceptors (Lipinski definition) is 0. The Labute approximate surface area is 223 Å². The van der Waals surface area contributed by atoms with Crippen molar-refractivity contribution in [3.8, 4) is 0 Å². The van der Waals surface area contributed by atoms with Crippen molar-refractivity contribution in [1.82, 2.24) is 0 Å². The van der Waals surface area contributed by atoms with E-state index in [0.29, 0.717) is 0 Å². The molecule has 0 spiro atoms. The van der Waals surface area contributed by atoms with Crippen molar-refractivity contribution >= 4 is 8.07 Å². The summed E-state index contributed by atoms with van der Waals surface area (Å²) >= 11 is 0. The minimum atomic E-state index is -1.46. The van der Waals surface area contributed by atoms with Crippen LogP contribution in [0.4, 0.5) is 0 Å². The summed E-state index contributed by atoms with van der Waals surface area (Å²) in [6.07, 6.45) is 22.3. The van der Waals surface area contributed by atoms with Crippen molar-refractivity contribution in [2.45, 2.75) is 64.7 Å². The summed E-state index contributed by atoms with van der Waals surface area (Å²) in [6.45, 7) is 15.7. The van der Waals surface area contributed by atoms with Crippen LogP contribution in [-0.2, 0) is 26.2 Å². The summed E-state index contributed by atoms with van der Waals surface area (Å²) in [5.41, 5.74) is 1.85. The monoisotopic (exact) mass is 530 g/mol. The van der Waals surface area contributed by atoms with Crippen molar-refractivity contribution in [2.24, 2.45) is 47.3 Å². The Morgan fingerprint density at radius 1 is 0.594 bits per heavy atom. The third-order valence-electron chi connectivity index (χ3n) is 9.37. The second-order valence-corrected chi connectivity index (χ2v) is 15.7. The zero-order chi connectivity index (χ0) is 19.3. The van der Waals surface area contributed by atoms with Crippen LogP contribution < -0.4 is 0 Å². The Hall–Kier alpha value is 0.0600. The van der Waals surface area contributed by atoms with Gasteiger partial charge >= 0.3 is 26.2 Å². The van der Waals surface area contributed by atoms with Gasteiger partial charge < -0.3 is 29.7 Å². The first-order chi connectivity index (χ1) is 12.9. The summed E-state index contributed by atoms with van der Waals surface area (Å²) in [5.74, 6) is 6.62. The van der Waals surface area contributed by atoms with Crippen molar-refractivity contribution in [3.63, 3.8) is 0 Å². The number of hydrogen-bond donors (Lipinski definition) is 0. The fourth-order valence-corrected chi connectivity index (χ4v) is 14.8. The van der Waals surface area contributed by atoms with E-state index < -0.39 is 8.07 Å². The molecular weight excluding hydrogens is 480 g/mol. The molecule has 2 saturated carbocycles. The normalized spacial score (nSPS) is 40.6. The summed E-state index contributed by atoms with van der Waals surface area (Å²) in [6, 6.07) is 0. The van der Waals surface area contributed by atoms with E-state index in [0.717, 1.165) is 58.4 Å². The molecule has 0 amide bonds. The van der Waals surface area contributed by atoms with E-state index in [-0.39, 0.29) is 55.9 Å². The largest absolute Gasteiger partial charge is 4.00 e. The standard InChI is InChI=1S/C26H40Si.4CH3.Zr/c1-7-12-20-17(2)18(3)25(19(20)4)27(5,6)26-23-15-10-8-13-21(23)22-14-9-11-16-24(22)26;;;;;/h8-11,13-26H,7,12H2,1-6H3;4*1H3;/q;4*-1;+4. The molecule has 180 valence electrons. The molecule has 0 saturated heterocycles. The van der Waals surface area contributed by atoms with E-state index in [2.05, 4.69) is 89.4 Å². The van der Waals surface area contributed by atoms with Crippen LogP contribution in [0, 0.1) is 77.0 Å². The van der Waals surface area contributed by atoms with E-state index in [1.165, 1.54) is 12.8 Å². The van der Waals surface area contributed by atoms with Gasteiger partial charge in [0.15, 0.2) is 0 Å². The molecule has 0 nitrogen and oxygen atoms in total. The minimum Gasteiger partial charge on any atom is -0.358 e. The van der Waals surface area contributed by atoms with Crippen LogP contribution in [0.15, 0.2) is 48.6 Å². The van der Waals surface area contributed by atoms with Crippen LogP contribution in [0.5, 0.6) is 0 Å². The molecule has 4 aliphatic carbocycles. The molecule has 4 aliphatic rings. The predicted octanol–water partition coefficient (Wildman–Crippen LogP) is 9.30. The second-order valence-electron chi connectivity index (χ2n) is 10.8. The fraction of sp³-hybridized carbons (Fsp3) is 0.600. The summed E-state index contributed by atoms with van der Waals surface area (Å²) in [7, 11) is -1.46. The van der Waals surface area contributed by atoms with Crippen LogP contribution in [0.2, 0.25) is 24.2 Å². The topological polar surface area (TPSA) is 0 Å². The molecule has 0 heterocycles. The molecule has 0 aromatic carbocycles. The Balaban J connectivity index is 0. The minimum absolute atomic E-state index is 0. The van der Waals surface area contributed by atoms with E-state index in [9.17, 15) is 0 Å². The molecule has 32 heavy (non-hydrogen) atoms. The zero-order valence-electron chi connectivity index (χ0n) is 22.8. The Kier molecular flexibility index (Phi) is 14.2. The van der Waals surface area contributed by atoms with E-state index >= 15 is 0 Å². The van der Waals surface area contributed by atoms with Gasteiger partial charge in [-0.25, -0.2) is 0 Å². The number of fused-ring (bicyclic) bond motifs is 3. The van der Waals surface area contributed by atoms with Gasteiger partial charge in [0.05, 0.1) is 8.07 Å². The van der Waals surface area contributed by atoms with Crippen molar-refractivity contribution in [2.75, 3.05) is 0 Å². The number of allylic oxidation sites excluding steroid dienone is 8. The molecule has 4 rings (SSSR count). The molecule has 0 bridgehead atoms.